The van der Waals surface area contributed by atoms with E-state index in [0.29, 0.717) is 11.4 Å². The number of anilines is 2. The standard InChI is InChI=1S/C15H12BrN3OS/c1-17-14-12(7-10(16)8-18-14)15(20)19-11-2-3-13-9(6-11)4-5-21-13/h2-8H,1H3,(H,17,18)(H,19,20). The fraction of sp³-hybridized carbons (Fsp3) is 0.0667. The van der Waals surface area contributed by atoms with Crippen molar-refractivity contribution in [2.24, 2.45) is 0 Å². The second-order valence-corrected chi connectivity index (χ2v) is 6.29. The van der Waals surface area contributed by atoms with Crippen LogP contribution in [0.1, 0.15) is 10.4 Å². The molecule has 3 rings (SSSR count). The number of rotatable bonds is 3. The first kappa shape index (κ1) is 14.0. The summed E-state index contributed by atoms with van der Waals surface area (Å²) in [5.74, 6) is 0.357. The Morgan fingerprint density at radius 3 is 2.95 bits per heavy atom. The first-order valence-electron chi connectivity index (χ1n) is 6.29. The quantitative estimate of drug-likeness (QED) is 0.728. The van der Waals surface area contributed by atoms with Crippen LogP contribution in [0, 0.1) is 0 Å². The number of benzene rings is 1. The average Bonchev–Trinajstić information content (AvgIpc) is 2.94. The number of carbonyl (C=O) groups is 1. The van der Waals surface area contributed by atoms with Crippen LogP contribution < -0.4 is 10.6 Å². The van der Waals surface area contributed by atoms with E-state index in [9.17, 15) is 4.79 Å². The molecule has 0 spiro atoms. The molecule has 0 saturated heterocycles. The number of hydrogen-bond donors (Lipinski definition) is 2. The van der Waals surface area contributed by atoms with Gasteiger partial charge in [-0.1, -0.05) is 0 Å². The van der Waals surface area contributed by atoms with Gasteiger partial charge in [-0.05, 0) is 57.0 Å². The van der Waals surface area contributed by atoms with E-state index < -0.39 is 0 Å². The van der Waals surface area contributed by atoms with Crippen molar-refractivity contribution in [1.29, 1.82) is 0 Å². The minimum absolute atomic E-state index is 0.192. The van der Waals surface area contributed by atoms with E-state index in [4.69, 9.17) is 0 Å². The maximum atomic E-state index is 12.4. The highest BCUT2D eigenvalue weighted by molar-refractivity contribution is 9.10. The number of amides is 1. The van der Waals surface area contributed by atoms with Crippen LogP contribution in [-0.2, 0) is 0 Å². The van der Waals surface area contributed by atoms with Crippen molar-refractivity contribution in [3.8, 4) is 0 Å². The fourth-order valence-corrected chi connectivity index (χ4v) is 3.16. The lowest BCUT2D eigenvalue weighted by Gasteiger charge is -2.09. The zero-order valence-electron chi connectivity index (χ0n) is 11.2. The number of thiophene rings is 1. The molecule has 0 radical (unpaired) electrons. The summed E-state index contributed by atoms with van der Waals surface area (Å²) in [6.07, 6.45) is 1.65. The van der Waals surface area contributed by atoms with Crippen LogP contribution in [0.4, 0.5) is 11.5 Å². The molecule has 1 aromatic carbocycles. The Morgan fingerprint density at radius 1 is 1.29 bits per heavy atom. The third-order valence-corrected chi connectivity index (χ3v) is 4.38. The lowest BCUT2D eigenvalue weighted by Crippen LogP contribution is -2.14. The first-order chi connectivity index (χ1) is 10.2. The van der Waals surface area contributed by atoms with Gasteiger partial charge in [-0.3, -0.25) is 4.79 Å². The van der Waals surface area contributed by atoms with Crippen LogP contribution in [-0.4, -0.2) is 17.9 Å². The van der Waals surface area contributed by atoms with Crippen molar-refractivity contribution in [2.45, 2.75) is 0 Å². The lowest BCUT2D eigenvalue weighted by molar-refractivity contribution is 0.102. The highest BCUT2D eigenvalue weighted by Gasteiger charge is 2.13. The predicted molar refractivity (Wildman–Crippen MR) is 91.3 cm³/mol. The number of carbonyl (C=O) groups excluding carboxylic acids is 1. The zero-order chi connectivity index (χ0) is 14.8. The van der Waals surface area contributed by atoms with E-state index in [1.54, 1.807) is 30.6 Å². The second-order valence-electron chi connectivity index (χ2n) is 4.43. The largest absolute Gasteiger partial charge is 0.372 e. The van der Waals surface area contributed by atoms with Crippen LogP contribution in [0.5, 0.6) is 0 Å². The maximum absolute atomic E-state index is 12.4. The molecule has 0 aliphatic carbocycles. The van der Waals surface area contributed by atoms with Crippen molar-refractivity contribution in [3.05, 3.63) is 51.9 Å². The van der Waals surface area contributed by atoms with E-state index in [2.05, 4.69) is 31.5 Å². The molecular formula is C15H12BrN3OS. The summed E-state index contributed by atoms with van der Waals surface area (Å²) in [7, 11) is 1.74. The van der Waals surface area contributed by atoms with Gasteiger partial charge >= 0.3 is 0 Å². The van der Waals surface area contributed by atoms with Gasteiger partial charge in [0, 0.05) is 28.1 Å². The molecule has 0 fully saturated rings. The molecule has 2 N–H and O–H groups in total. The van der Waals surface area contributed by atoms with Gasteiger partial charge in [0.25, 0.3) is 5.91 Å². The van der Waals surface area contributed by atoms with Crippen LogP contribution in [0.2, 0.25) is 0 Å². The van der Waals surface area contributed by atoms with Crippen LogP contribution in [0.3, 0.4) is 0 Å². The molecule has 0 aliphatic rings. The molecule has 6 heteroatoms. The van der Waals surface area contributed by atoms with Crippen molar-refractivity contribution < 1.29 is 4.79 Å². The van der Waals surface area contributed by atoms with E-state index in [-0.39, 0.29) is 5.91 Å². The van der Waals surface area contributed by atoms with Gasteiger partial charge < -0.3 is 10.6 Å². The number of aromatic nitrogens is 1. The molecule has 4 nitrogen and oxygen atoms in total. The number of hydrogen-bond acceptors (Lipinski definition) is 4. The number of nitrogens with one attached hydrogen (secondary N) is 2. The Bertz CT molecular complexity index is 816. The van der Waals surface area contributed by atoms with Gasteiger partial charge in [0.05, 0.1) is 5.56 Å². The SMILES string of the molecule is CNc1ncc(Br)cc1C(=O)Nc1ccc2sccc2c1. The van der Waals surface area contributed by atoms with Crippen molar-refractivity contribution in [2.75, 3.05) is 17.7 Å². The van der Waals surface area contributed by atoms with Crippen molar-refractivity contribution >= 4 is 54.8 Å². The monoisotopic (exact) mass is 361 g/mol. The Kier molecular flexibility index (Phi) is 3.90. The summed E-state index contributed by atoms with van der Waals surface area (Å²) in [5.41, 5.74) is 1.27. The smallest absolute Gasteiger partial charge is 0.259 e. The molecule has 3 aromatic rings. The topological polar surface area (TPSA) is 54.0 Å². The number of pyridine rings is 1. The Morgan fingerprint density at radius 2 is 2.14 bits per heavy atom. The molecule has 0 saturated carbocycles. The summed E-state index contributed by atoms with van der Waals surface area (Å²) in [5, 5.41) is 8.99. The third kappa shape index (κ3) is 2.91. The molecule has 0 aliphatic heterocycles. The normalized spacial score (nSPS) is 10.6. The van der Waals surface area contributed by atoms with Gasteiger partial charge in [-0.2, -0.15) is 0 Å². The van der Waals surface area contributed by atoms with Gasteiger partial charge in [-0.25, -0.2) is 4.98 Å². The minimum atomic E-state index is -0.192. The van der Waals surface area contributed by atoms with Gasteiger partial charge in [0.1, 0.15) is 5.82 Å². The van der Waals surface area contributed by atoms with E-state index >= 15 is 0 Å². The highest BCUT2D eigenvalue weighted by atomic mass is 79.9. The predicted octanol–water partition coefficient (Wildman–Crippen LogP) is 4.35. The minimum Gasteiger partial charge on any atom is -0.372 e. The maximum Gasteiger partial charge on any atom is 0.259 e. The van der Waals surface area contributed by atoms with Crippen molar-refractivity contribution in [3.63, 3.8) is 0 Å². The molecule has 106 valence electrons. The summed E-state index contributed by atoms with van der Waals surface area (Å²) in [6.45, 7) is 0. The summed E-state index contributed by atoms with van der Waals surface area (Å²) >= 11 is 5.02. The fourth-order valence-electron chi connectivity index (χ4n) is 2.05. The lowest BCUT2D eigenvalue weighted by atomic mass is 10.2. The van der Waals surface area contributed by atoms with Crippen LogP contribution in [0.25, 0.3) is 10.1 Å². The summed E-state index contributed by atoms with van der Waals surface area (Å²) in [4.78, 5) is 16.6. The van der Waals surface area contributed by atoms with Gasteiger partial charge in [0.15, 0.2) is 0 Å². The van der Waals surface area contributed by atoms with Gasteiger partial charge in [-0.15, -0.1) is 11.3 Å². The second kappa shape index (κ2) is 5.83. The molecule has 0 bridgehead atoms. The number of halogens is 1. The number of fused-ring (bicyclic) bond motifs is 1. The molecule has 2 heterocycles. The molecule has 0 atom stereocenters. The third-order valence-electron chi connectivity index (χ3n) is 3.05. The Labute approximate surface area is 134 Å². The van der Waals surface area contributed by atoms with E-state index in [1.165, 1.54) is 4.70 Å². The van der Waals surface area contributed by atoms with E-state index in [0.717, 1.165) is 15.5 Å². The zero-order valence-corrected chi connectivity index (χ0v) is 13.6. The van der Waals surface area contributed by atoms with Crippen molar-refractivity contribution in [1.82, 2.24) is 4.98 Å². The van der Waals surface area contributed by atoms with Crippen LogP contribution in [0.15, 0.2) is 46.4 Å². The molecule has 1 amide bonds. The average molecular weight is 362 g/mol. The molecular weight excluding hydrogens is 350 g/mol. The van der Waals surface area contributed by atoms with Gasteiger partial charge in [0.2, 0.25) is 0 Å². The summed E-state index contributed by atoms with van der Waals surface area (Å²) in [6, 6.07) is 9.66. The molecule has 21 heavy (non-hydrogen) atoms. The molecule has 0 unspecified atom stereocenters. The highest BCUT2D eigenvalue weighted by Crippen LogP contribution is 2.25. The number of nitrogens with zero attached hydrogens (tertiary/aromatic N) is 1. The van der Waals surface area contributed by atoms with Crippen LogP contribution >= 0.6 is 27.3 Å². The van der Waals surface area contributed by atoms with E-state index in [1.807, 2.05) is 29.6 Å². The first-order valence-corrected chi connectivity index (χ1v) is 7.96. The Hall–Kier alpha value is -1.92. The summed E-state index contributed by atoms with van der Waals surface area (Å²) < 4.78 is 1.97. The Balaban J connectivity index is 1.90. The molecule has 2 aromatic heterocycles.